The number of rotatable bonds is 9. The molecule has 1 aliphatic rings. The van der Waals surface area contributed by atoms with E-state index in [-0.39, 0.29) is 11.8 Å². The summed E-state index contributed by atoms with van der Waals surface area (Å²) in [7, 11) is 0. The first-order valence-corrected chi connectivity index (χ1v) is 7.47. The molecule has 0 saturated heterocycles. The second-order valence-corrected chi connectivity index (χ2v) is 5.29. The molecule has 1 atom stereocenters. The maximum atomic E-state index is 11.9. The summed E-state index contributed by atoms with van der Waals surface area (Å²) < 4.78 is 5.02. The highest BCUT2D eigenvalue weighted by Crippen LogP contribution is 2.54. The lowest BCUT2D eigenvalue weighted by Gasteiger charge is -2.09. The van der Waals surface area contributed by atoms with E-state index in [9.17, 15) is 9.59 Å². The van der Waals surface area contributed by atoms with Crippen molar-refractivity contribution in [1.29, 1.82) is 0 Å². The Kier molecular flexibility index (Phi) is 6.26. The smallest absolute Gasteiger partial charge is 0.324 e. The topological polar surface area (TPSA) is 43.4 Å². The highest BCUT2D eigenvalue weighted by Gasteiger charge is 2.60. The van der Waals surface area contributed by atoms with Gasteiger partial charge in [0.2, 0.25) is 0 Å². The van der Waals surface area contributed by atoms with E-state index in [1.807, 2.05) is 0 Å². The molecule has 1 unspecified atom stereocenters. The van der Waals surface area contributed by atoms with Gasteiger partial charge in [-0.3, -0.25) is 9.59 Å². The highest BCUT2D eigenvalue weighted by atomic mass is 16.5. The zero-order valence-corrected chi connectivity index (χ0v) is 12.5. The third kappa shape index (κ3) is 3.92. The van der Waals surface area contributed by atoms with Crippen LogP contribution < -0.4 is 0 Å². The highest BCUT2D eigenvalue weighted by molar-refractivity contribution is 6.11. The molecular weight excluding hydrogens is 240 g/mol. The standard InChI is InChI=1S/C16H26O3/c1-4-6-7-8-9-10-11-14-12-16(14,13(3)17)15(18)19-5-2/h11H,4-10,12H2,1-3H3/b14-11-. The molecule has 0 spiro atoms. The Bertz CT molecular complexity index is 357. The van der Waals surface area contributed by atoms with E-state index >= 15 is 0 Å². The molecule has 3 nitrogen and oxygen atoms in total. The van der Waals surface area contributed by atoms with E-state index in [2.05, 4.69) is 13.0 Å². The molecule has 1 aliphatic carbocycles. The van der Waals surface area contributed by atoms with Gasteiger partial charge in [0.05, 0.1) is 6.61 Å². The largest absolute Gasteiger partial charge is 0.465 e. The van der Waals surface area contributed by atoms with Crippen LogP contribution in [-0.4, -0.2) is 18.4 Å². The molecule has 3 heteroatoms. The number of carbonyl (C=O) groups is 2. The first-order valence-electron chi connectivity index (χ1n) is 7.47. The molecule has 0 amide bonds. The van der Waals surface area contributed by atoms with Crippen LogP contribution in [-0.2, 0) is 14.3 Å². The van der Waals surface area contributed by atoms with Crippen molar-refractivity contribution in [2.75, 3.05) is 6.61 Å². The lowest BCUT2D eigenvalue weighted by molar-refractivity contribution is -0.152. The van der Waals surface area contributed by atoms with Gasteiger partial charge in [-0.2, -0.15) is 0 Å². The van der Waals surface area contributed by atoms with Gasteiger partial charge < -0.3 is 4.74 Å². The number of allylic oxidation sites excluding steroid dienone is 1. The first kappa shape index (κ1) is 15.9. The second-order valence-electron chi connectivity index (χ2n) is 5.29. The Morgan fingerprint density at radius 3 is 2.47 bits per heavy atom. The molecule has 19 heavy (non-hydrogen) atoms. The molecule has 0 aromatic carbocycles. The predicted octanol–water partition coefficient (Wildman–Crippen LogP) is 3.82. The zero-order chi connectivity index (χ0) is 14.3. The summed E-state index contributed by atoms with van der Waals surface area (Å²) in [6, 6.07) is 0. The van der Waals surface area contributed by atoms with Crippen LogP contribution in [0.4, 0.5) is 0 Å². The number of hydrogen-bond donors (Lipinski definition) is 0. The van der Waals surface area contributed by atoms with Crippen molar-refractivity contribution in [2.45, 2.75) is 65.7 Å². The van der Waals surface area contributed by atoms with Gasteiger partial charge in [0.25, 0.3) is 0 Å². The quantitative estimate of drug-likeness (QED) is 0.276. The summed E-state index contributed by atoms with van der Waals surface area (Å²) in [5.74, 6) is -0.442. The Balaban J connectivity index is 2.43. The van der Waals surface area contributed by atoms with Crippen LogP contribution in [0.15, 0.2) is 11.6 Å². The predicted molar refractivity (Wildman–Crippen MR) is 75.8 cm³/mol. The second kappa shape index (κ2) is 7.46. The Labute approximate surface area is 116 Å². The summed E-state index contributed by atoms with van der Waals surface area (Å²) >= 11 is 0. The minimum absolute atomic E-state index is 0.0804. The van der Waals surface area contributed by atoms with Crippen molar-refractivity contribution >= 4 is 11.8 Å². The number of esters is 1. The van der Waals surface area contributed by atoms with Gasteiger partial charge in [-0.05, 0) is 38.7 Å². The van der Waals surface area contributed by atoms with E-state index in [0.717, 1.165) is 18.4 Å². The van der Waals surface area contributed by atoms with Gasteiger partial charge in [0, 0.05) is 0 Å². The van der Waals surface area contributed by atoms with Crippen molar-refractivity contribution < 1.29 is 14.3 Å². The molecule has 1 fully saturated rings. The monoisotopic (exact) mass is 266 g/mol. The number of hydrogen-bond acceptors (Lipinski definition) is 3. The summed E-state index contributed by atoms with van der Waals surface area (Å²) in [5.41, 5.74) is 0.0494. The molecule has 1 saturated carbocycles. The Morgan fingerprint density at radius 2 is 1.89 bits per heavy atom. The molecular formula is C16H26O3. The number of ketones is 1. The maximum Gasteiger partial charge on any atom is 0.324 e. The van der Waals surface area contributed by atoms with E-state index < -0.39 is 5.41 Å². The van der Waals surface area contributed by atoms with Gasteiger partial charge in [-0.25, -0.2) is 0 Å². The molecule has 0 bridgehead atoms. The Hall–Kier alpha value is -1.12. The zero-order valence-electron chi connectivity index (χ0n) is 12.5. The van der Waals surface area contributed by atoms with Gasteiger partial charge in [-0.15, -0.1) is 0 Å². The van der Waals surface area contributed by atoms with Crippen molar-refractivity contribution in [3.05, 3.63) is 11.6 Å². The van der Waals surface area contributed by atoms with Crippen LogP contribution in [0.25, 0.3) is 0 Å². The maximum absolute atomic E-state index is 11.9. The average Bonchev–Trinajstić information content (AvgIpc) is 3.10. The van der Waals surface area contributed by atoms with Crippen LogP contribution in [0.5, 0.6) is 0 Å². The fourth-order valence-corrected chi connectivity index (χ4v) is 2.46. The minimum atomic E-state index is -0.917. The van der Waals surface area contributed by atoms with Crippen molar-refractivity contribution in [3.63, 3.8) is 0 Å². The van der Waals surface area contributed by atoms with Crippen LogP contribution in [0.3, 0.4) is 0 Å². The van der Waals surface area contributed by atoms with Crippen LogP contribution >= 0.6 is 0 Å². The summed E-state index contributed by atoms with van der Waals surface area (Å²) in [6.07, 6.45) is 9.78. The molecule has 0 heterocycles. The molecule has 0 N–H and O–H groups in total. The molecule has 0 aliphatic heterocycles. The molecule has 1 rings (SSSR count). The third-order valence-corrected chi connectivity index (χ3v) is 3.80. The van der Waals surface area contributed by atoms with Crippen LogP contribution in [0.2, 0.25) is 0 Å². The van der Waals surface area contributed by atoms with Crippen molar-refractivity contribution in [2.24, 2.45) is 5.41 Å². The normalized spacial score (nSPS) is 23.4. The fraction of sp³-hybridized carbons (Fsp3) is 0.750. The summed E-state index contributed by atoms with van der Waals surface area (Å²) in [6.45, 7) is 5.79. The minimum Gasteiger partial charge on any atom is -0.465 e. The van der Waals surface area contributed by atoms with E-state index in [1.165, 1.54) is 32.6 Å². The van der Waals surface area contributed by atoms with E-state index in [1.54, 1.807) is 6.92 Å². The molecule has 108 valence electrons. The summed E-state index contributed by atoms with van der Waals surface area (Å²) in [4.78, 5) is 23.6. The van der Waals surface area contributed by atoms with Crippen LogP contribution in [0, 0.1) is 5.41 Å². The van der Waals surface area contributed by atoms with Gasteiger partial charge in [0.1, 0.15) is 0 Å². The van der Waals surface area contributed by atoms with Gasteiger partial charge in [-0.1, -0.05) is 38.7 Å². The van der Waals surface area contributed by atoms with Crippen LogP contribution in [0.1, 0.15) is 65.7 Å². The molecule has 0 aromatic heterocycles. The van der Waals surface area contributed by atoms with Crippen molar-refractivity contribution in [1.82, 2.24) is 0 Å². The number of carbonyl (C=O) groups excluding carboxylic acids is 2. The molecule has 0 radical (unpaired) electrons. The lowest BCUT2D eigenvalue weighted by Crippen LogP contribution is -2.26. The fourth-order valence-electron chi connectivity index (χ4n) is 2.46. The molecule has 0 aromatic rings. The van der Waals surface area contributed by atoms with Crippen molar-refractivity contribution in [3.8, 4) is 0 Å². The van der Waals surface area contributed by atoms with E-state index in [0.29, 0.717) is 13.0 Å². The lowest BCUT2D eigenvalue weighted by atomic mass is 10.0. The SMILES string of the molecule is CCCCCCC/C=C1/CC1(C(C)=O)C(=O)OCC. The summed E-state index contributed by atoms with van der Waals surface area (Å²) in [5, 5.41) is 0. The average molecular weight is 266 g/mol. The number of ether oxygens (including phenoxy) is 1. The van der Waals surface area contributed by atoms with E-state index in [4.69, 9.17) is 4.74 Å². The third-order valence-electron chi connectivity index (χ3n) is 3.80. The van der Waals surface area contributed by atoms with Gasteiger partial charge >= 0.3 is 5.97 Å². The number of Topliss-reactive ketones (excluding diaryl/α,β-unsaturated/α-hetero) is 1. The Morgan fingerprint density at radius 1 is 1.21 bits per heavy atom. The number of unbranched alkanes of at least 4 members (excludes halogenated alkanes) is 5. The first-order chi connectivity index (χ1) is 9.09. The van der Waals surface area contributed by atoms with Gasteiger partial charge in [0.15, 0.2) is 11.2 Å².